The van der Waals surface area contributed by atoms with E-state index in [1.54, 1.807) is 10.7 Å². The first-order valence-corrected chi connectivity index (χ1v) is 4.00. The summed E-state index contributed by atoms with van der Waals surface area (Å²) in [6.07, 6.45) is -0.389. The number of nitrogens with zero attached hydrogens (tertiary/aromatic N) is 5. The highest BCUT2D eigenvalue weighted by molar-refractivity contribution is 5.14. The minimum Gasteiger partial charge on any atom is -0.266 e. The number of azide groups is 1. The Balaban J connectivity index is 2.16. The van der Waals surface area contributed by atoms with Gasteiger partial charge in [-0.2, -0.15) is 5.10 Å². The van der Waals surface area contributed by atoms with Crippen molar-refractivity contribution in [2.24, 2.45) is 5.11 Å². The number of hydrogen-bond donors (Lipinski definition) is 0. The van der Waals surface area contributed by atoms with Crippen LogP contribution in [0.15, 0.2) is 11.2 Å². The van der Waals surface area contributed by atoms with Crippen molar-refractivity contribution in [1.29, 1.82) is 0 Å². The molecule has 0 radical (unpaired) electrons. The molecule has 1 aromatic rings. The second-order valence-electron chi connectivity index (χ2n) is 3.00. The van der Waals surface area contributed by atoms with Crippen molar-refractivity contribution in [3.8, 4) is 0 Å². The summed E-state index contributed by atoms with van der Waals surface area (Å²) in [7, 11) is 0. The molecule has 5 nitrogen and oxygen atoms in total. The number of hydrogen-bond acceptors (Lipinski definition) is 2. The van der Waals surface area contributed by atoms with Crippen LogP contribution in [0.2, 0.25) is 0 Å². The van der Waals surface area contributed by atoms with Crippen LogP contribution >= 0.6 is 0 Å². The second-order valence-corrected chi connectivity index (χ2v) is 3.00. The Bertz CT molecular complexity index is 341. The van der Waals surface area contributed by atoms with Crippen molar-refractivity contribution in [1.82, 2.24) is 9.78 Å². The molecule has 1 aliphatic heterocycles. The first-order valence-electron chi connectivity index (χ1n) is 4.00. The van der Waals surface area contributed by atoms with Gasteiger partial charge in [0.25, 0.3) is 0 Å². The van der Waals surface area contributed by atoms with Gasteiger partial charge in [0.05, 0.1) is 18.8 Å². The molecule has 0 spiro atoms. The van der Waals surface area contributed by atoms with Crippen molar-refractivity contribution < 1.29 is 4.39 Å². The van der Waals surface area contributed by atoms with E-state index in [1.165, 1.54) is 0 Å². The Morgan fingerprint density at radius 2 is 2.69 bits per heavy atom. The number of alkyl halides is 1. The van der Waals surface area contributed by atoms with Crippen LogP contribution in [-0.4, -0.2) is 16.0 Å². The highest BCUT2D eigenvalue weighted by Crippen LogP contribution is 2.18. The van der Waals surface area contributed by atoms with Crippen LogP contribution in [0.1, 0.15) is 11.4 Å². The zero-order valence-electron chi connectivity index (χ0n) is 6.89. The molecule has 2 heterocycles. The molecule has 0 saturated carbocycles. The summed E-state index contributed by atoms with van der Waals surface area (Å²) in [5.74, 6) is 0. The molecule has 1 aliphatic rings. The maximum atomic E-state index is 12.8. The fourth-order valence-corrected chi connectivity index (χ4v) is 1.50. The SMILES string of the molecule is [N-]=[N+]=NCc1cc2n(n1)CC(F)C2. The Morgan fingerprint density at radius 3 is 3.38 bits per heavy atom. The van der Waals surface area contributed by atoms with Crippen molar-refractivity contribution in [3.05, 3.63) is 27.9 Å². The van der Waals surface area contributed by atoms with E-state index in [1.807, 2.05) is 0 Å². The van der Waals surface area contributed by atoms with Crippen LogP contribution in [0.25, 0.3) is 10.4 Å². The van der Waals surface area contributed by atoms with Crippen molar-refractivity contribution >= 4 is 0 Å². The molecule has 0 aliphatic carbocycles. The van der Waals surface area contributed by atoms with Gasteiger partial charge in [0.2, 0.25) is 0 Å². The van der Waals surface area contributed by atoms with E-state index < -0.39 is 6.17 Å². The molecular weight excluding hydrogens is 173 g/mol. The predicted molar refractivity (Wildman–Crippen MR) is 43.7 cm³/mol. The number of aromatic nitrogens is 2. The van der Waals surface area contributed by atoms with Crippen LogP contribution < -0.4 is 0 Å². The lowest BCUT2D eigenvalue weighted by molar-refractivity contribution is 0.321. The zero-order chi connectivity index (χ0) is 9.26. The third kappa shape index (κ3) is 1.48. The Hall–Kier alpha value is -1.55. The molecule has 0 saturated heterocycles. The van der Waals surface area contributed by atoms with Crippen molar-refractivity contribution in [3.63, 3.8) is 0 Å². The molecule has 6 heteroatoms. The van der Waals surface area contributed by atoms with Crippen LogP contribution in [-0.2, 0) is 19.5 Å². The smallest absolute Gasteiger partial charge is 0.125 e. The van der Waals surface area contributed by atoms with E-state index in [0.717, 1.165) is 5.69 Å². The van der Waals surface area contributed by atoms with Gasteiger partial charge in [0.1, 0.15) is 6.17 Å². The average Bonchev–Trinajstić information content (AvgIpc) is 2.57. The summed E-state index contributed by atoms with van der Waals surface area (Å²) in [6, 6.07) is 1.79. The zero-order valence-corrected chi connectivity index (χ0v) is 6.89. The summed E-state index contributed by atoms with van der Waals surface area (Å²) in [6.45, 7) is 0.569. The van der Waals surface area contributed by atoms with Crippen LogP contribution in [0.5, 0.6) is 0 Å². The van der Waals surface area contributed by atoms with E-state index >= 15 is 0 Å². The molecule has 13 heavy (non-hydrogen) atoms. The average molecular weight is 181 g/mol. The van der Waals surface area contributed by atoms with E-state index in [0.29, 0.717) is 18.7 Å². The fraction of sp³-hybridized carbons (Fsp3) is 0.571. The molecule has 0 amide bonds. The van der Waals surface area contributed by atoms with E-state index in [9.17, 15) is 4.39 Å². The normalized spacial score (nSPS) is 19.6. The van der Waals surface area contributed by atoms with Gasteiger partial charge in [-0.1, -0.05) is 5.11 Å². The number of fused-ring (bicyclic) bond motifs is 1. The maximum Gasteiger partial charge on any atom is 0.125 e. The minimum atomic E-state index is -0.809. The van der Waals surface area contributed by atoms with Crippen LogP contribution in [0.4, 0.5) is 4.39 Å². The second kappa shape index (κ2) is 3.06. The van der Waals surface area contributed by atoms with Crippen LogP contribution in [0.3, 0.4) is 0 Å². The molecule has 0 N–H and O–H groups in total. The van der Waals surface area contributed by atoms with Gasteiger partial charge in [-0.25, -0.2) is 4.39 Å². The third-order valence-corrected chi connectivity index (χ3v) is 2.01. The summed E-state index contributed by atoms with van der Waals surface area (Å²) < 4.78 is 14.4. The standard InChI is InChI=1S/C7H8FN5/c8-5-1-7-2-6(3-10-12-9)11-13(7)4-5/h2,5H,1,3-4H2. The summed E-state index contributed by atoms with van der Waals surface area (Å²) in [5.41, 5.74) is 9.67. The van der Waals surface area contributed by atoms with Gasteiger partial charge >= 0.3 is 0 Å². The van der Waals surface area contributed by atoms with Crippen LogP contribution in [0, 0.1) is 0 Å². The molecule has 0 aromatic carbocycles. The first kappa shape index (κ1) is 8.07. The third-order valence-electron chi connectivity index (χ3n) is 2.01. The van der Waals surface area contributed by atoms with E-state index in [-0.39, 0.29) is 6.54 Å². The van der Waals surface area contributed by atoms with Gasteiger partial charge in [-0.15, -0.1) is 0 Å². The Labute approximate surface area is 73.8 Å². The largest absolute Gasteiger partial charge is 0.266 e. The fourth-order valence-electron chi connectivity index (χ4n) is 1.50. The number of halogens is 1. The lowest BCUT2D eigenvalue weighted by atomic mass is 10.2. The Kier molecular flexibility index (Phi) is 1.90. The summed E-state index contributed by atoms with van der Waals surface area (Å²) in [5, 5.41) is 7.48. The highest BCUT2D eigenvalue weighted by Gasteiger charge is 2.22. The molecule has 1 unspecified atom stereocenters. The first-order chi connectivity index (χ1) is 6.29. The number of rotatable bonds is 2. The molecule has 0 fully saturated rings. The lowest BCUT2D eigenvalue weighted by Gasteiger charge is -1.94. The topological polar surface area (TPSA) is 66.6 Å². The minimum absolute atomic E-state index is 0.244. The van der Waals surface area contributed by atoms with Gasteiger partial charge < -0.3 is 0 Å². The van der Waals surface area contributed by atoms with Gasteiger partial charge in [-0.3, -0.25) is 4.68 Å². The van der Waals surface area contributed by atoms with Crippen molar-refractivity contribution in [2.75, 3.05) is 0 Å². The quantitative estimate of drug-likeness (QED) is 0.388. The maximum absolute atomic E-state index is 12.8. The molecule has 68 valence electrons. The Morgan fingerprint density at radius 1 is 1.85 bits per heavy atom. The molecule has 0 bridgehead atoms. The van der Waals surface area contributed by atoms with E-state index in [4.69, 9.17) is 5.53 Å². The molecule has 2 rings (SSSR count). The van der Waals surface area contributed by atoms with Gasteiger partial charge in [0, 0.05) is 17.0 Å². The predicted octanol–water partition coefficient (Wildman–Crippen LogP) is 1.59. The highest BCUT2D eigenvalue weighted by atomic mass is 19.1. The van der Waals surface area contributed by atoms with Gasteiger partial charge in [0.15, 0.2) is 0 Å². The van der Waals surface area contributed by atoms with Crippen molar-refractivity contribution in [2.45, 2.75) is 25.7 Å². The molecular formula is C7H8FN5. The molecule has 1 aromatic heterocycles. The molecule has 1 atom stereocenters. The monoisotopic (exact) mass is 181 g/mol. The summed E-state index contributed by atoms with van der Waals surface area (Å²) >= 11 is 0. The summed E-state index contributed by atoms with van der Waals surface area (Å²) in [4.78, 5) is 2.63. The van der Waals surface area contributed by atoms with Gasteiger partial charge in [-0.05, 0) is 11.6 Å². The van der Waals surface area contributed by atoms with E-state index in [2.05, 4.69) is 15.1 Å². The lowest BCUT2D eigenvalue weighted by Crippen LogP contribution is -2.03.